The second kappa shape index (κ2) is 5.52. The Balaban J connectivity index is 1.48. The minimum Gasteiger partial charge on any atom is -0.373 e. The Morgan fingerprint density at radius 2 is 2.00 bits per heavy atom. The molecule has 5 rings (SSSR count). The molecule has 112 valence electrons. The average Bonchev–Trinajstić information content (AvgIpc) is 2.56. The van der Waals surface area contributed by atoms with Gasteiger partial charge in [0.25, 0.3) is 0 Å². The van der Waals surface area contributed by atoms with Crippen molar-refractivity contribution in [3.63, 3.8) is 0 Å². The molecule has 4 nitrogen and oxygen atoms in total. The number of fused-ring (bicyclic) bond motifs is 4. The van der Waals surface area contributed by atoms with Crippen LogP contribution in [0.5, 0.6) is 0 Å². The van der Waals surface area contributed by atoms with Crippen molar-refractivity contribution in [3.05, 3.63) is 35.4 Å². The molecule has 4 aliphatic heterocycles. The normalized spacial score (nSPS) is 34.5. The largest absolute Gasteiger partial charge is 0.373 e. The summed E-state index contributed by atoms with van der Waals surface area (Å²) in [5.74, 6) is 0.348. The lowest BCUT2D eigenvalue weighted by atomic mass is 9.92. The third-order valence-corrected chi connectivity index (χ3v) is 5.13. The van der Waals surface area contributed by atoms with Crippen molar-refractivity contribution in [3.8, 4) is 0 Å². The van der Waals surface area contributed by atoms with Gasteiger partial charge in [-0.15, -0.1) is 0 Å². The third-order valence-electron chi connectivity index (χ3n) is 5.13. The van der Waals surface area contributed by atoms with Crippen LogP contribution in [0.3, 0.4) is 0 Å². The van der Waals surface area contributed by atoms with Crippen molar-refractivity contribution in [2.24, 2.45) is 0 Å². The molecule has 2 atom stereocenters. The van der Waals surface area contributed by atoms with Gasteiger partial charge in [0, 0.05) is 39.1 Å². The zero-order valence-electron chi connectivity index (χ0n) is 12.3. The highest BCUT2D eigenvalue weighted by molar-refractivity contribution is 5.85. The number of rotatable bonds is 3. The maximum atomic E-state index is 12.7. The molecule has 21 heavy (non-hydrogen) atoms. The maximum absolute atomic E-state index is 12.7. The summed E-state index contributed by atoms with van der Waals surface area (Å²) in [6.45, 7) is 5.96. The van der Waals surface area contributed by atoms with E-state index >= 15 is 0 Å². The fraction of sp³-hybridized carbons (Fsp3) is 0.588. The van der Waals surface area contributed by atoms with Crippen LogP contribution in [0, 0.1) is 0 Å². The first kappa shape index (κ1) is 13.4. The molecule has 0 N–H and O–H groups in total. The molecule has 0 radical (unpaired) electrons. The van der Waals surface area contributed by atoms with Gasteiger partial charge >= 0.3 is 0 Å². The van der Waals surface area contributed by atoms with Crippen molar-refractivity contribution in [1.29, 1.82) is 0 Å². The molecular weight excluding hydrogens is 264 g/mol. The number of nitrogens with zero attached hydrogens (tertiary/aromatic N) is 2. The number of hydrogen-bond donors (Lipinski definition) is 0. The zero-order valence-corrected chi connectivity index (χ0v) is 12.3. The molecule has 0 saturated carbocycles. The molecule has 4 aliphatic rings. The Morgan fingerprint density at radius 3 is 2.76 bits per heavy atom. The molecule has 4 heterocycles. The predicted molar refractivity (Wildman–Crippen MR) is 80.3 cm³/mol. The minimum atomic E-state index is -0.0425. The first-order valence-electron chi connectivity index (χ1n) is 8.00. The van der Waals surface area contributed by atoms with E-state index in [4.69, 9.17) is 4.74 Å². The summed E-state index contributed by atoms with van der Waals surface area (Å²) in [4.78, 5) is 17.5. The van der Waals surface area contributed by atoms with Crippen LogP contribution in [0.1, 0.15) is 23.7 Å². The number of benzene rings is 1. The maximum Gasteiger partial charge on any atom is 0.154 e. The van der Waals surface area contributed by atoms with Crippen LogP contribution in [0.15, 0.2) is 24.3 Å². The lowest BCUT2D eigenvalue weighted by molar-refractivity contribution is -0.132. The SMILES string of the molecule is O=C(CC1OCCc2ccccc21)C1CN2CCN1CC2. The molecular formula is C17H22N2O2. The summed E-state index contributed by atoms with van der Waals surface area (Å²) in [6.07, 6.45) is 1.44. The Morgan fingerprint density at radius 1 is 1.19 bits per heavy atom. The summed E-state index contributed by atoms with van der Waals surface area (Å²) in [7, 11) is 0. The van der Waals surface area contributed by atoms with Gasteiger partial charge in [-0.3, -0.25) is 14.6 Å². The van der Waals surface area contributed by atoms with E-state index in [2.05, 4.69) is 28.0 Å². The van der Waals surface area contributed by atoms with Crippen molar-refractivity contribution < 1.29 is 9.53 Å². The van der Waals surface area contributed by atoms with E-state index in [0.717, 1.165) is 45.8 Å². The molecule has 0 aliphatic carbocycles. The van der Waals surface area contributed by atoms with Gasteiger partial charge < -0.3 is 4.74 Å². The molecule has 0 spiro atoms. The Kier molecular flexibility index (Phi) is 3.53. The number of carbonyl (C=O) groups is 1. The highest BCUT2D eigenvalue weighted by Crippen LogP contribution is 2.31. The van der Waals surface area contributed by atoms with Crippen LogP contribution >= 0.6 is 0 Å². The number of Topliss-reactive ketones (excluding diaryl/α,β-unsaturated/α-hetero) is 1. The third kappa shape index (κ3) is 2.52. The quantitative estimate of drug-likeness (QED) is 0.837. The van der Waals surface area contributed by atoms with Gasteiger partial charge in [-0.2, -0.15) is 0 Å². The highest BCUT2D eigenvalue weighted by atomic mass is 16.5. The standard InChI is InChI=1S/C17H22N2O2/c20-16(15-12-18-6-8-19(15)9-7-18)11-17-14-4-2-1-3-13(14)5-10-21-17/h1-4,15,17H,5-12H2. The van der Waals surface area contributed by atoms with Crippen molar-refractivity contribution in [2.45, 2.75) is 25.0 Å². The molecule has 3 saturated heterocycles. The molecule has 3 fully saturated rings. The molecule has 1 aromatic carbocycles. The van der Waals surface area contributed by atoms with Gasteiger partial charge in [0.2, 0.25) is 0 Å². The van der Waals surface area contributed by atoms with Crippen LogP contribution in [-0.4, -0.2) is 61.0 Å². The first-order valence-corrected chi connectivity index (χ1v) is 8.00. The summed E-state index contributed by atoms with van der Waals surface area (Å²) < 4.78 is 5.89. The second-order valence-corrected chi connectivity index (χ2v) is 6.33. The van der Waals surface area contributed by atoms with Crippen molar-refractivity contribution >= 4 is 5.78 Å². The van der Waals surface area contributed by atoms with E-state index in [1.165, 1.54) is 11.1 Å². The molecule has 0 aromatic heterocycles. The van der Waals surface area contributed by atoms with Gasteiger partial charge in [-0.1, -0.05) is 24.3 Å². The summed E-state index contributed by atoms with van der Waals surface area (Å²) in [5, 5.41) is 0. The van der Waals surface area contributed by atoms with Gasteiger partial charge in [0.05, 0.1) is 18.8 Å². The average molecular weight is 286 g/mol. The van der Waals surface area contributed by atoms with E-state index in [0.29, 0.717) is 12.2 Å². The summed E-state index contributed by atoms with van der Waals surface area (Å²) >= 11 is 0. The Hall–Kier alpha value is -1.23. The highest BCUT2D eigenvalue weighted by Gasteiger charge is 2.37. The smallest absolute Gasteiger partial charge is 0.154 e. The Bertz CT molecular complexity index is 537. The van der Waals surface area contributed by atoms with Crippen LogP contribution in [-0.2, 0) is 16.0 Å². The first-order chi connectivity index (χ1) is 10.3. The topological polar surface area (TPSA) is 32.8 Å². The van der Waals surface area contributed by atoms with E-state index in [1.807, 2.05) is 6.07 Å². The number of piperazine rings is 3. The van der Waals surface area contributed by atoms with Gasteiger partial charge in [-0.05, 0) is 17.5 Å². The zero-order chi connectivity index (χ0) is 14.2. The van der Waals surface area contributed by atoms with E-state index in [-0.39, 0.29) is 12.1 Å². The van der Waals surface area contributed by atoms with Crippen molar-refractivity contribution in [2.75, 3.05) is 39.3 Å². The summed E-state index contributed by atoms with van der Waals surface area (Å²) in [6, 6.07) is 8.48. The summed E-state index contributed by atoms with van der Waals surface area (Å²) in [5.41, 5.74) is 2.56. The Labute approximate surface area is 125 Å². The molecule has 4 heteroatoms. The molecule has 2 bridgehead atoms. The van der Waals surface area contributed by atoms with Crippen LogP contribution in [0.4, 0.5) is 0 Å². The fourth-order valence-electron chi connectivity index (χ4n) is 3.89. The number of ketones is 1. The fourth-order valence-corrected chi connectivity index (χ4v) is 3.89. The van der Waals surface area contributed by atoms with Crippen LogP contribution < -0.4 is 0 Å². The van der Waals surface area contributed by atoms with Crippen LogP contribution in [0.25, 0.3) is 0 Å². The van der Waals surface area contributed by atoms with Crippen molar-refractivity contribution in [1.82, 2.24) is 9.80 Å². The van der Waals surface area contributed by atoms with E-state index in [1.54, 1.807) is 0 Å². The van der Waals surface area contributed by atoms with E-state index < -0.39 is 0 Å². The molecule has 2 unspecified atom stereocenters. The van der Waals surface area contributed by atoms with Gasteiger partial charge in [0.1, 0.15) is 0 Å². The molecule has 0 amide bonds. The lowest BCUT2D eigenvalue weighted by Gasteiger charge is -2.47. The predicted octanol–water partition coefficient (Wildman–Crippen LogP) is 1.26. The monoisotopic (exact) mass is 286 g/mol. The number of hydrogen-bond acceptors (Lipinski definition) is 4. The van der Waals surface area contributed by atoms with E-state index in [9.17, 15) is 4.79 Å². The number of carbonyl (C=O) groups excluding carboxylic acids is 1. The van der Waals surface area contributed by atoms with Gasteiger partial charge in [-0.25, -0.2) is 0 Å². The second-order valence-electron chi connectivity index (χ2n) is 6.33. The van der Waals surface area contributed by atoms with Crippen LogP contribution in [0.2, 0.25) is 0 Å². The van der Waals surface area contributed by atoms with Gasteiger partial charge in [0.15, 0.2) is 5.78 Å². The minimum absolute atomic E-state index is 0.0425. The number of ether oxygens (including phenoxy) is 1. The molecule has 1 aromatic rings. The lowest BCUT2D eigenvalue weighted by Crippen LogP contribution is -2.63.